The second-order valence-electron chi connectivity index (χ2n) is 5.87. The van der Waals surface area contributed by atoms with E-state index in [-0.39, 0.29) is 0 Å². The Kier molecular flexibility index (Phi) is 6.31. The Labute approximate surface area is 123 Å². The molecular formula is C17H29N3. The number of aromatic nitrogens is 1. The van der Waals surface area contributed by atoms with Crippen LogP contribution in [0.25, 0.3) is 0 Å². The summed E-state index contributed by atoms with van der Waals surface area (Å²) >= 11 is 0. The van der Waals surface area contributed by atoms with Crippen molar-refractivity contribution in [3.05, 3.63) is 24.0 Å². The third kappa shape index (κ3) is 4.20. The van der Waals surface area contributed by atoms with Gasteiger partial charge in [0.1, 0.15) is 0 Å². The summed E-state index contributed by atoms with van der Waals surface area (Å²) in [4.78, 5) is 6.90. The number of nitrogens with one attached hydrogen (secondary N) is 1. The van der Waals surface area contributed by atoms with Crippen LogP contribution < -0.4 is 10.2 Å². The van der Waals surface area contributed by atoms with Crippen molar-refractivity contribution in [1.29, 1.82) is 0 Å². The van der Waals surface area contributed by atoms with E-state index in [1.165, 1.54) is 56.4 Å². The lowest BCUT2D eigenvalue weighted by molar-refractivity contribution is 0.459. The molecular weight excluding hydrogens is 246 g/mol. The van der Waals surface area contributed by atoms with Crippen LogP contribution in [0.2, 0.25) is 0 Å². The van der Waals surface area contributed by atoms with Gasteiger partial charge in [0.25, 0.3) is 0 Å². The zero-order valence-electron chi connectivity index (χ0n) is 13.1. The third-order valence-corrected chi connectivity index (χ3v) is 4.40. The van der Waals surface area contributed by atoms with Gasteiger partial charge in [0.2, 0.25) is 0 Å². The van der Waals surface area contributed by atoms with Crippen LogP contribution in [0.1, 0.15) is 51.5 Å². The highest BCUT2D eigenvalue weighted by Gasteiger charge is 2.17. The van der Waals surface area contributed by atoms with Crippen molar-refractivity contribution in [1.82, 2.24) is 10.3 Å². The van der Waals surface area contributed by atoms with Gasteiger partial charge in [0.05, 0.1) is 11.9 Å². The molecule has 3 heteroatoms. The van der Waals surface area contributed by atoms with Crippen molar-refractivity contribution in [2.24, 2.45) is 5.92 Å². The zero-order valence-corrected chi connectivity index (χ0v) is 13.1. The molecule has 1 aliphatic rings. The first-order valence-electron chi connectivity index (χ1n) is 8.23. The van der Waals surface area contributed by atoms with Gasteiger partial charge >= 0.3 is 0 Å². The Hall–Kier alpha value is -1.09. The molecule has 1 unspecified atom stereocenters. The normalized spacial score (nSPS) is 19.9. The molecule has 0 saturated carbocycles. The number of anilines is 1. The van der Waals surface area contributed by atoms with Crippen LogP contribution in [-0.4, -0.2) is 24.6 Å². The molecule has 20 heavy (non-hydrogen) atoms. The Morgan fingerprint density at radius 1 is 1.30 bits per heavy atom. The standard InChI is InChI=1S/C17H29N3/c1-3-9-18-13-16-7-10-19-14-17(16)20-11-5-6-15(4-2)8-12-20/h7,10,14-15,18H,3-6,8-9,11-13H2,1-2H3. The van der Waals surface area contributed by atoms with Crippen molar-refractivity contribution in [2.75, 3.05) is 24.5 Å². The summed E-state index contributed by atoms with van der Waals surface area (Å²) in [5.74, 6) is 0.915. The Morgan fingerprint density at radius 2 is 2.20 bits per heavy atom. The summed E-state index contributed by atoms with van der Waals surface area (Å²) in [7, 11) is 0. The Balaban J connectivity index is 2.03. The molecule has 0 bridgehead atoms. The van der Waals surface area contributed by atoms with E-state index in [2.05, 4.69) is 41.3 Å². The molecule has 0 aromatic carbocycles. The van der Waals surface area contributed by atoms with Crippen LogP contribution in [0.5, 0.6) is 0 Å². The van der Waals surface area contributed by atoms with E-state index in [9.17, 15) is 0 Å². The van der Waals surface area contributed by atoms with Crippen LogP contribution >= 0.6 is 0 Å². The number of hydrogen-bond donors (Lipinski definition) is 1. The van der Waals surface area contributed by atoms with Crippen LogP contribution in [0, 0.1) is 5.92 Å². The summed E-state index contributed by atoms with van der Waals surface area (Å²) < 4.78 is 0. The van der Waals surface area contributed by atoms with Crippen molar-refractivity contribution in [3.8, 4) is 0 Å². The summed E-state index contributed by atoms with van der Waals surface area (Å²) in [5.41, 5.74) is 2.73. The highest BCUT2D eigenvalue weighted by Crippen LogP contribution is 2.26. The van der Waals surface area contributed by atoms with Gasteiger partial charge in [0.15, 0.2) is 0 Å². The molecule has 2 heterocycles. The van der Waals surface area contributed by atoms with Gasteiger partial charge in [-0.2, -0.15) is 0 Å². The Bertz CT molecular complexity index is 392. The van der Waals surface area contributed by atoms with Crippen molar-refractivity contribution in [2.45, 2.75) is 52.5 Å². The highest BCUT2D eigenvalue weighted by atomic mass is 15.1. The molecule has 0 spiro atoms. The van der Waals surface area contributed by atoms with Gasteiger partial charge in [-0.3, -0.25) is 4.98 Å². The first-order chi connectivity index (χ1) is 9.85. The van der Waals surface area contributed by atoms with E-state index >= 15 is 0 Å². The molecule has 1 fully saturated rings. The van der Waals surface area contributed by atoms with Crippen molar-refractivity contribution in [3.63, 3.8) is 0 Å². The van der Waals surface area contributed by atoms with E-state index in [1.54, 1.807) is 0 Å². The molecule has 0 radical (unpaired) electrons. The first kappa shape index (κ1) is 15.3. The molecule has 1 atom stereocenters. The average molecular weight is 275 g/mol. The fourth-order valence-corrected chi connectivity index (χ4v) is 3.06. The summed E-state index contributed by atoms with van der Waals surface area (Å²) in [6, 6.07) is 2.17. The Morgan fingerprint density at radius 3 is 3.00 bits per heavy atom. The monoisotopic (exact) mass is 275 g/mol. The fourth-order valence-electron chi connectivity index (χ4n) is 3.06. The minimum Gasteiger partial charge on any atom is -0.370 e. The van der Waals surface area contributed by atoms with Crippen LogP contribution in [-0.2, 0) is 6.54 Å². The molecule has 1 N–H and O–H groups in total. The molecule has 112 valence electrons. The quantitative estimate of drug-likeness (QED) is 0.804. The van der Waals surface area contributed by atoms with E-state index in [0.717, 1.165) is 19.0 Å². The molecule has 1 aliphatic heterocycles. The molecule has 2 rings (SSSR count). The van der Waals surface area contributed by atoms with Gasteiger partial charge in [-0.1, -0.05) is 20.3 Å². The third-order valence-electron chi connectivity index (χ3n) is 4.40. The minimum atomic E-state index is 0.915. The van der Waals surface area contributed by atoms with Crippen molar-refractivity contribution < 1.29 is 0 Å². The summed E-state index contributed by atoms with van der Waals surface area (Å²) in [6.45, 7) is 8.94. The zero-order chi connectivity index (χ0) is 14.2. The first-order valence-corrected chi connectivity index (χ1v) is 8.23. The molecule has 1 aromatic heterocycles. The summed E-state index contributed by atoms with van der Waals surface area (Å²) in [6.07, 6.45) is 10.5. The predicted molar refractivity (Wildman–Crippen MR) is 86.1 cm³/mol. The topological polar surface area (TPSA) is 28.2 Å². The fraction of sp³-hybridized carbons (Fsp3) is 0.706. The number of nitrogens with zero attached hydrogens (tertiary/aromatic N) is 2. The van der Waals surface area contributed by atoms with Gasteiger partial charge in [-0.05, 0) is 49.8 Å². The second-order valence-corrected chi connectivity index (χ2v) is 5.87. The lowest BCUT2D eigenvalue weighted by atomic mass is 9.98. The summed E-state index contributed by atoms with van der Waals surface area (Å²) in [5, 5.41) is 3.51. The highest BCUT2D eigenvalue weighted by molar-refractivity contribution is 5.51. The van der Waals surface area contributed by atoms with Gasteiger partial charge in [0, 0.05) is 25.8 Å². The molecule has 1 saturated heterocycles. The van der Waals surface area contributed by atoms with E-state index < -0.39 is 0 Å². The second kappa shape index (κ2) is 8.25. The maximum Gasteiger partial charge on any atom is 0.0598 e. The molecule has 0 amide bonds. The van der Waals surface area contributed by atoms with Gasteiger partial charge in [-0.25, -0.2) is 0 Å². The van der Waals surface area contributed by atoms with Gasteiger partial charge < -0.3 is 10.2 Å². The van der Waals surface area contributed by atoms with Crippen LogP contribution in [0.15, 0.2) is 18.5 Å². The van der Waals surface area contributed by atoms with Crippen LogP contribution in [0.4, 0.5) is 5.69 Å². The van der Waals surface area contributed by atoms with E-state index in [1.807, 2.05) is 6.20 Å². The largest absolute Gasteiger partial charge is 0.370 e. The lowest BCUT2D eigenvalue weighted by Gasteiger charge is -2.25. The average Bonchev–Trinajstić information content (AvgIpc) is 2.73. The maximum absolute atomic E-state index is 4.35. The smallest absolute Gasteiger partial charge is 0.0598 e. The van der Waals surface area contributed by atoms with Crippen LogP contribution in [0.3, 0.4) is 0 Å². The van der Waals surface area contributed by atoms with Crippen molar-refractivity contribution >= 4 is 5.69 Å². The molecule has 3 nitrogen and oxygen atoms in total. The van der Waals surface area contributed by atoms with E-state index in [4.69, 9.17) is 0 Å². The minimum absolute atomic E-state index is 0.915. The number of rotatable bonds is 6. The SMILES string of the molecule is CCCNCc1ccncc1N1CCCC(CC)CC1. The van der Waals surface area contributed by atoms with E-state index in [0.29, 0.717) is 0 Å². The molecule has 0 aliphatic carbocycles. The van der Waals surface area contributed by atoms with Gasteiger partial charge in [-0.15, -0.1) is 0 Å². The number of hydrogen-bond acceptors (Lipinski definition) is 3. The predicted octanol–water partition coefficient (Wildman–Crippen LogP) is 3.60. The number of pyridine rings is 1. The molecule has 1 aromatic rings. The maximum atomic E-state index is 4.35. The lowest BCUT2D eigenvalue weighted by Crippen LogP contribution is -2.26.